The lowest BCUT2D eigenvalue weighted by Crippen LogP contribution is -2.45. The van der Waals surface area contributed by atoms with E-state index in [0.717, 1.165) is 6.42 Å². The highest BCUT2D eigenvalue weighted by atomic mass is 16.3. The van der Waals surface area contributed by atoms with E-state index in [-0.39, 0.29) is 35.2 Å². The predicted octanol–water partition coefficient (Wildman–Crippen LogP) is 1.18. The molecule has 0 aliphatic carbocycles. The molecule has 0 aliphatic rings. The molecule has 1 unspecified atom stereocenters. The molecule has 21 heavy (non-hydrogen) atoms. The Labute approximate surface area is 125 Å². The van der Waals surface area contributed by atoms with Crippen LogP contribution in [0.2, 0.25) is 0 Å². The molecule has 1 heterocycles. The first-order valence-electron chi connectivity index (χ1n) is 7.29. The highest BCUT2D eigenvalue weighted by Crippen LogP contribution is 2.21. The average molecular weight is 295 g/mol. The van der Waals surface area contributed by atoms with E-state index in [9.17, 15) is 9.59 Å². The van der Waals surface area contributed by atoms with E-state index in [1.165, 1.54) is 16.8 Å². The van der Waals surface area contributed by atoms with Crippen molar-refractivity contribution in [2.24, 2.45) is 5.41 Å². The zero-order valence-electron chi connectivity index (χ0n) is 13.2. The molecule has 1 aromatic rings. The monoisotopic (exact) mass is 295 g/mol. The average Bonchev–Trinajstić information content (AvgIpc) is 2.40. The number of aryl methyl sites for hydroxylation is 1. The molecule has 2 N–H and O–H groups in total. The van der Waals surface area contributed by atoms with Gasteiger partial charge in [-0.1, -0.05) is 27.7 Å². The van der Waals surface area contributed by atoms with Crippen LogP contribution in [0.15, 0.2) is 16.9 Å². The van der Waals surface area contributed by atoms with Gasteiger partial charge < -0.3 is 10.4 Å². The van der Waals surface area contributed by atoms with Crippen molar-refractivity contribution < 1.29 is 9.90 Å². The fourth-order valence-electron chi connectivity index (χ4n) is 2.02. The Morgan fingerprint density at radius 3 is 2.62 bits per heavy atom. The van der Waals surface area contributed by atoms with Crippen LogP contribution in [-0.4, -0.2) is 33.4 Å². The van der Waals surface area contributed by atoms with Crippen LogP contribution >= 0.6 is 0 Å². The summed E-state index contributed by atoms with van der Waals surface area (Å²) in [6.45, 7) is 8.43. The first-order chi connectivity index (χ1) is 9.79. The molecule has 1 aromatic heterocycles. The zero-order chi connectivity index (χ0) is 16.0. The van der Waals surface area contributed by atoms with Crippen LogP contribution in [0.25, 0.3) is 0 Å². The van der Waals surface area contributed by atoms with Crippen LogP contribution in [-0.2, 0) is 6.54 Å². The second-order valence-corrected chi connectivity index (χ2v) is 6.18. The van der Waals surface area contributed by atoms with Crippen molar-refractivity contribution >= 4 is 5.91 Å². The maximum atomic E-state index is 12.3. The number of nitrogens with one attached hydrogen (secondary N) is 1. The highest BCUT2D eigenvalue weighted by molar-refractivity contribution is 5.92. The van der Waals surface area contributed by atoms with Crippen molar-refractivity contribution in [3.8, 4) is 0 Å². The smallest absolute Gasteiger partial charge is 0.271 e. The van der Waals surface area contributed by atoms with E-state index < -0.39 is 0 Å². The second kappa shape index (κ2) is 7.36. The van der Waals surface area contributed by atoms with E-state index >= 15 is 0 Å². The topological polar surface area (TPSA) is 84.2 Å². The lowest BCUT2D eigenvalue weighted by atomic mass is 9.85. The Balaban J connectivity index is 2.92. The van der Waals surface area contributed by atoms with E-state index in [1.807, 2.05) is 27.7 Å². The SMILES string of the molecule is CCCn1nc(C(=O)NC(CCO)C(C)(C)C)ccc1=O. The van der Waals surface area contributed by atoms with Gasteiger partial charge in [-0.3, -0.25) is 9.59 Å². The molecule has 0 fully saturated rings. The van der Waals surface area contributed by atoms with Crippen molar-refractivity contribution in [1.29, 1.82) is 0 Å². The number of aliphatic hydroxyl groups is 1. The normalized spacial score (nSPS) is 13.0. The summed E-state index contributed by atoms with van der Waals surface area (Å²) in [5, 5.41) is 16.1. The summed E-state index contributed by atoms with van der Waals surface area (Å²) in [5.41, 5.74) is -0.164. The summed E-state index contributed by atoms with van der Waals surface area (Å²) in [6, 6.07) is 2.63. The molecule has 0 aliphatic heterocycles. The molecular formula is C15H25N3O3. The quantitative estimate of drug-likeness (QED) is 0.825. The Kier molecular flexibility index (Phi) is 6.08. The van der Waals surface area contributed by atoms with E-state index in [2.05, 4.69) is 10.4 Å². The van der Waals surface area contributed by atoms with Crippen molar-refractivity contribution in [3.63, 3.8) is 0 Å². The lowest BCUT2D eigenvalue weighted by molar-refractivity contribution is 0.0877. The summed E-state index contributed by atoms with van der Waals surface area (Å²) >= 11 is 0. The Morgan fingerprint density at radius 1 is 1.43 bits per heavy atom. The third kappa shape index (κ3) is 4.97. The Bertz CT molecular complexity index is 532. The zero-order valence-corrected chi connectivity index (χ0v) is 13.2. The Morgan fingerprint density at radius 2 is 2.10 bits per heavy atom. The number of hydrogen-bond acceptors (Lipinski definition) is 4. The van der Waals surface area contributed by atoms with Crippen molar-refractivity contribution in [2.75, 3.05) is 6.61 Å². The van der Waals surface area contributed by atoms with Gasteiger partial charge in [0.05, 0.1) is 0 Å². The van der Waals surface area contributed by atoms with Gasteiger partial charge in [0.2, 0.25) is 0 Å². The molecule has 6 heteroatoms. The number of carbonyl (C=O) groups is 1. The predicted molar refractivity (Wildman–Crippen MR) is 81.2 cm³/mol. The van der Waals surface area contributed by atoms with Crippen molar-refractivity contribution in [2.45, 2.75) is 53.1 Å². The van der Waals surface area contributed by atoms with Crippen molar-refractivity contribution in [3.05, 3.63) is 28.2 Å². The summed E-state index contributed by atoms with van der Waals surface area (Å²) in [6.07, 6.45) is 1.25. The largest absolute Gasteiger partial charge is 0.396 e. The molecule has 6 nitrogen and oxygen atoms in total. The minimum Gasteiger partial charge on any atom is -0.396 e. The molecular weight excluding hydrogens is 270 g/mol. The first-order valence-corrected chi connectivity index (χ1v) is 7.29. The van der Waals surface area contributed by atoms with Gasteiger partial charge in [-0.05, 0) is 24.3 Å². The number of carbonyl (C=O) groups excluding carboxylic acids is 1. The van der Waals surface area contributed by atoms with Crippen LogP contribution in [0, 0.1) is 5.41 Å². The van der Waals surface area contributed by atoms with Crippen molar-refractivity contribution in [1.82, 2.24) is 15.1 Å². The third-order valence-corrected chi connectivity index (χ3v) is 3.30. The van der Waals surface area contributed by atoms with E-state index in [0.29, 0.717) is 13.0 Å². The molecule has 118 valence electrons. The number of nitrogens with zero attached hydrogens (tertiary/aromatic N) is 2. The molecule has 0 saturated heterocycles. The number of aliphatic hydroxyl groups excluding tert-OH is 1. The molecule has 0 aromatic carbocycles. The van der Waals surface area contributed by atoms with Gasteiger partial charge in [-0.15, -0.1) is 0 Å². The van der Waals surface area contributed by atoms with Crippen LogP contribution < -0.4 is 10.9 Å². The van der Waals surface area contributed by atoms with E-state index in [4.69, 9.17) is 5.11 Å². The molecule has 0 radical (unpaired) electrons. The van der Waals surface area contributed by atoms with Crippen LogP contribution in [0.5, 0.6) is 0 Å². The number of hydrogen-bond donors (Lipinski definition) is 2. The molecule has 1 atom stereocenters. The first kappa shape index (κ1) is 17.4. The van der Waals surface area contributed by atoms with Crippen LogP contribution in [0.3, 0.4) is 0 Å². The molecule has 1 rings (SSSR count). The standard InChI is InChI=1S/C15H25N3O3/c1-5-9-18-13(20)7-6-11(17-18)14(21)16-12(8-10-19)15(2,3)4/h6-7,12,19H,5,8-10H2,1-4H3,(H,16,21). The number of amides is 1. The van der Waals surface area contributed by atoms with Gasteiger partial charge in [0.15, 0.2) is 0 Å². The summed E-state index contributed by atoms with van der Waals surface area (Å²) < 4.78 is 1.30. The maximum absolute atomic E-state index is 12.3. The van der Waals surface area contributed by atoms with Crippen LogP contribution in [0.4, 0.5) is 0 Å². The molecule has 0 bridgehead atoms. The van der Waals surface area contributed by atoms with Gasteiger partial charge in [0, 0.05) is 25.3 Å². The van der Waals surface area contributed by atoms with Crippen LogP contribution in [0.1, 0.15) is 51.0 Å². The third-order valence-electron chi connectivity index (χ3n) is 3.30. The minimum absolute atomic E-state index is 0.00494. The summed E-state index contributed by atoms with van der Waals surface area (Å²) in [4.78, 5) is 23.9. The van der Waals surface area contributed by atoms with E-state index in [1.54, 1.807) is 0 Å². The maximum Gasteiger partial charge on any atom is 0.271 e. The van der Waals surface area contributed by atoms with Gasteiger partial charge in [-0.25, -0.2) is 4.68 Å². The minimum atomic E-state index is -0.326. The van der Waals surface area contributed by atoms with Gasteiger partial charge in [-0.2, -0.15) is 5.10 Å². The molecule has 0 saturated carbocycles. The summed E-state index contributed by atoms with van der Waals surface area (Å²) in [5.74, 6) is -0.326. The number of rotatable bonds is 6. The lowest BCUT2D eigenvalue weighted by Gasteiger charge is -2.31. The van der Waals surface area contributed by atoms with Gasteiger partial charge >= 0.3 is 0 Å². The second-order valence-electron chi connectivity index (χ2n) is 6.18. The van der Waals surface area contributed by atoms with Gasteiger partial charge in [0.1, 0.15) is 5.69 Å². The summed E-state index contributed by atoms with van der Waals surface area (Å²) in [7, 11) is 0. The number of aromatic nitrogens is 2. The Hall–Kier alpha value is -1.69. The fourth-order valence-corrected chi connectivity index (χ4v) is 2.02. The fraction of sp³-hybridized carbons (Fsp3) is 0.667. The highest BCUT2D eigenvalue weighted by Gasteiger charge is 2.26. The van der Waals surface area contributed by atoms with Gasteiger partial charge in [0.25, 0.3) is 11.5 Å². The molecule has 0 spiro atoms. The molecule has 1 amide bonds.